The molecule has 0 aliphatic carbocycles. The van der Waals surface area contributed by atoms with Gasteiger partial charge < -0.3 is 30.1 Å². The Labute approximate surface area is 207 Å². The third-order valence-corrected chi connectivity index (χ3v) is 4.96. The van der Waals surface area contributed by atoms with Crippen LogP contribution in [0.25, 0.3) is 0 Å². The van der Waals surface area contributed by atoms with E-state index in [-0.39, 0.29) is 13.1 Å². The fourth-order valence-corrected chi connectivity index (χ4v) is 3.50. The summed E-state index contributed by atoms with van der Waals surface area (Å²) in [4.78, 5) is 52.2. The van der Waals surface area contributed by atoms with Crippen LogP contribution in [-0.4, -0.2) is 72.3 Å². The van der Waals surface area contributed by atoms with Gasteiger partial charge in [-0.2, -0.15) is 0 Å². The SMILES string of the molecule is CCCCN(C(=O)C(CO)NC(=O)OC(C)(C)C)C(C(=O)NCC(=O)OC)c1cc(C)cc(C)c1. The van der Waals surface area contributed by atoms with Crippen LogP contribution in [0, 0.1) is 13.8 Å². The summed E-state index contributed by atoms with van der Waals surface area (Å²) in [5, 5.41) is 14.9. The highest BCUT2D eigenvalue weighted by Gasteiger charge is 2.36. The molecule has 0 heterocycles. The van der Waals surface area contributed by atoms with E-state index in [0.29, 0.717) is 12.0 Å². The van der Waals surface area contributed by atoms with E-state index in [1.165, 1.54) is 12.0 Å². The van der Waals surface area contributed by atoms with Gasteiger partial charge in [0.25, 0.3) is 0 Å². The number of hydrogen-bond donors (Lipinski definition) is 3. The van der Waals surface area contributed by atoms with Crippen LogP contribution in [0.3, 0.4) is 0 Å². The number of unbranched alkanes of at least 4 members (excludes halogenated alkanes) is 1. The summed E-state index contributed by atoms with van der Waals surface area (Å²) >= 11 is 0. The van der Waals surface area contributed by atoms with E-state index in [9.17, 15) is 24.3 Å². The molecule has 0 saturated heterocycles. The zero-order valence-corrected chi connectivity index (χ0v) is 21.8. The number of nitrogens with zero attached hydrogens (tertiary/aromatic N) is 1. The monoisotopic (exact) mass is 493 g/mol. The molecule has 2 atom stereocenters. The van der Waals surface area contributed by atoms with Crippen LogP contribution in [0.4, 0.5) is 4.79 Å². The van der Waals surface area contributed by atoms with Crippen LogP contribution in [0.15, 0.2) is 18.2 Å². The lowest BCUT2D eigenvalue weighted by Gasteiger charge is -2.34. The Bertz CT molecular complexity index is 875. The molecule has 1 aromatic rings. The Morgan fingerprint density at radius 3 is 2.17 bits per heavy atom. The van der Waals surface area contributed by atoms with Crippen molar-refractivity contribution in [3.8, 4) is 0 Å². The van der Waals surface area contributed by atoms with Crippen molar-refractivity contribution in [1.29, 1.82) is 0 Å². The highest BCUT2D eigenvalue weighted by atomic mass is 16.6. The number of ether oxygens (including phenoxy) is 2. The number of hydrogen-bond acceptors (Lipinski definition) is 7. The van der Waals surface area contributed by atoms with E-state index in [2.05, 4.69) is 15.4 Å². The standard InChI is InChI=1S/C25H39N3O7/c1-8-9-10-28(23(32)19(15-29)27-24(33)35-25(4,5)6)21(22(31)26-14-20(30)34-7)18-12-16(2)11-17(3)13-18/h11-13,19,21,29H,8-10,14-15H2,1-7H3,(H,26,31)(H,27,33). The lowest BCUT2D eigenvalue weighted by Crippen LogP contribution is -2.54. The van der Waals surface area contributed by atoms with Crippen LogP contribution in [0.5, 0.6) is 0 Å². The van der Waals surface area contributed by atoms with Gasteiger partial charge in [-0.25, -0.2) is 4.79 Å². The van der Waals surface area contributed by atoms with Gasteiger partial charge in [0, 0.05) is 6.54 Å². The topological polar surface area (TPSA) is 134 Å². The second-order valence-electron chi connectivity index (χ2n) is 9.38. The fourth-order valence-electron chi connectivity index (χ4n) is 3.50. The first-order valence-electron chi connectivity index (χ1n) is 11.7. The van der Waals surface area contributed by atoms with Crippen molar-refractivity contribution in [3.63, 3.8) is 0 Å². The summed E-state index contributed by atoms with van der Waals surface area (Å²) in [6.45, 7) is 9.85. The van der Waals surface area contributed by atoms with Crippen molar-refractivity contribution < 1.29 is 33.8 Å². The normalized spacial score (nSPS) is 12.8. The molecule has 1 aromatic carbocycles. The lowest BCUT2D eigenvalue weighted by molar-refractivity contribution is -0.145. The number of nitrogens with one attached hydrogen (secondary N) is 2. The maximum Gasteiger partial charge on any atom is 0.408 e. The number of alkyl carbamates (subject to hydrolysis) is 1. The molecule has 2 unspecified atom stereocenters. The molecule has 0 aliphatic rings. The first-order valence-corrected chi connectivity index (χ1v) is 11.7. The van der Waals surface area contributed by atoms with Crippen molar-refractivity contribution in [2.45, 2.75) is 72.1 Å². The van der Waals surface area contributed by atoms with E-state index in [1.54, 1.807) is 32.9 Å². The van der Waals surface area contributed by atoms with Gasteiger partial charge in [0.05, 0.1) is 13.7 Å². The van der Waals surface area contributed by atoms with Gasteiger partial charge >= 0.3 is 12.1 Å². The van der Waals surface area contributed by atoms with Crippen molar-refractivity contribution in [2.24, 2.45) is 0 Å². The summed E-state index contributed by atoms with van der Waals surface area (Å²) in [5.74, 6) is -1.87. The van der Waals surface area contributed by atoms with E-state index in [0.717, 1.165) is 17.5 Å². The molecule has 0 spiro atoms. The van der Waals surface area contributed by atoms with Gasteiger partial charge in [-0.3, -0.25) is 14.4 Å². The van der Waals surface area contributed by atoms with Crippen molar-refractivity contribution >= 4 is 23.9 Å². The average Bonchev–Trinajstić information content (AvgIpc) is 2.75. The molecule has 10 nitrogen and oxygen atoms in total. The fraction of sp³-hybridized carbons (Fsp3) is 0.600. The van der Waals surface area contributed by atoms with Gasteiger partial charge in [-0.1, -0.05) is 42.7 Å². The number of benzene rings is 1. The number of carbonyl (C=O) groups is 4. The summed E-state index contributed by atoms with van der Waals surface area (Å²) in [5.41, 5.74) is 1.52. The van der Waals surface area contributed by atoms with Crippen molar-refractivity contribution in [2.75, 3.05) is 26.8 Å². The van der Waals surface area contributed by atoms with Gasteiger partial charge in [-0.15, -0.1) is 0 Å². The second-order valence-corrected chi connectivity index (χ2v) is 9.38. The molecule has 0 aromatic heterocycles. The Morgan fingerprint density at radius 2 is 1.69 bits per heavy atom. The van der Waals surface area contributed by atoms with Gasteiger partial charge in [0.15, 0.2) is 0 Å². The lowest BCUT2D eigenvalue weighted by atomic mass is 9.98. The number of aliphatic hydroxyl groups is 1. The number of amides is 3. The maximum absolute atomic E-state index is 13.6. The quantitative estimate of drug-likeness (QED) is 0.402. The molecule has 3 amide bonds. The van der Waals surface area contributed by atoms with Crippen LogP contribution in [0.2, 0.25) is 0 Å². The molecule has 1 rings (SSSR count). The van der Waals surface area contributed by atoms with Crippen LogP contribution >= 0.6 is 0 Å². The highest BCUT2D eigenvalue weighted by Crippen LogP contribution is 2.25. The summed E-state index contributed by atoms with van der Waals surface area (Å²) in [6.07, 6.45) is 0.441. The van der Waals surface area contributed by atoms with Crippen LogP contribution in [0.1, 0.15) is 63.3 Å². The van der Waals surface area contributed by atoms with Gasteiger partial charge in [0.1, 0.15) is 24.2 Å². The van der Waals surface area contributed by atoms with E-state index in [1.807, 2.05) is 26.8 Å². The van der Waals surface area contributed by atoms with Crippen molar-refractivity contribution in [3.05, 3.63) is 34.9 Å². The summed E-state index contributed by atoms with van der Waals surface area (Å²) in [7, 11) is 1.21. The Balaban J connectivity index is 3.42. The Kier molecular flexibility index (Phi) is 11.7. The van der Waals surface area contributed by atoms with Crippen molar-refractivity contribution in [1.82, 2.24) is 15.5 Å². The predicted molar refractivity (Wildman–Crippen MR) is 131 cm³/mol. The molecule has 10 heteroatoms. The number of carbonyl (C=O) groups excluding carboxylic acids is 4. The molecule has 35 heavy (non-hydrogen) atoms. The number of esters is 1. The summed E-state index contributed by atoms with van der Waals surface area (Å²) < 4.78 is 9.83. The van der Waals surface area contributed by atoms with Gasteiger partial charge in [-0.05, 0) is 46.6 Å². The largest absolute Gasteiger partial charge is 0.468 e. The Morgan fingerprint density at radius 1 is 1.09 bits per heavy atom. The minimum atomic E-state index is -1.33. The average molecular weight is 494 g/mol. The molecular weight excluding hydrogens is 454 g/mol. The van der Waals surface area contributed by atoms with Gasteiger partial charge in [0.2, 0.25) is 11.8 Å². The van der Waals surface area contributed by atoms with Crippen LogP contribution < -0.4 is 10.6 Å². The molecule has 0 saturated carbocycles. The summed E-state index contributed by atoms with van der Waals surface area (Å²) in [6, 6.07) is 3.08. The van der Waals surface area contributed by atoms with E-state index < -0.39 is 48.2 Å². The molecule has 0 aliphatic heterocycles. The highest BCUT2D eigenvalue weighted by molar-refractivity contribution is 5.93. The smallest absolute Gasteiger partial charge is 0.408 e. The number of aryl methyl sites for hydroxylation is 2. The van der Waals surface area contributed by atoms with E-state index >= 15 is 0 Å². The van der Waals surface area contributed by atoms with E-state index in [4.69, 9.17) is 4.74 Å². The molecule has 196 valence electrons. The first kappa shape index (κ1) is 29.9. The zero-order chi connectivity index (χ0) is 26.8. The molecule has 0 radical (unpaired) electrons. The zero-order valence-electron chi connectivity index (χ0n) is 21.8. The molecular formula is C25H39N3O7. The predicted octanol–water partition coefficient (Wildman–Crippen LogP) is 2.15. The number of rotatable bonds is 11. The van der Waals surface area contributed by atoms with Crippen LogP contribution in [-0.2, 0) is 23.9 Å². The third kappa shape index (κ3) is 9.94. The number of methoxy groups -OCH3 is 1. The maximum atomic E-state index is 13.6. The Hall–Kier alpha value is -3.14. The molecule has 0 bridgehead atoms. The third-order valence-electron chi connectivity index (χ3n) is 4.96. The number of aliphatic hydroxyl groups excluding tert-OH is 1. The minimum Gasteiger partial charge on any atom is -0.468 e. The molecule has 3 N–H and O–H groups in total. The first-order chi connectivity index (χ1) is 16.3. The molecule has 0 fully saturated rings. The second kappa shape index (κ2) is 13.7. The minimum absolute atomic E-state index is 0.186.